The molecule has 0 saturated carbocycles. The lowest BCUT2D eigenvalue weighted by molar-refractivity contribution is 0.417. The Morgan fingerprint density at radius 1 is 1.15 bits per heavy atom. The lowest BCUT2D eigenvalue weighted by Gasteiger charge is -2.10. The normalized spacial score (nSPS) is 10.4. The molecule has 1 heterocycles. The number of benzene rings is 1. The number of hydrogen-bond acceptors (Lipinski definition) is 3. The van der Waals surface area contributed by atoms with Gasteiger partial charge in [0.1, 0.15) is 5.75 Å². The van der Waals surface area contributed by atoms with Crippen molar-refractivity contribution in [3.05, 3.63) is 47.5 Å². The Hall–Kier alpha value is -2.17. The van der Waals surface area contributed by atoms with Gasteiger partial charge in [-0.25, -0.2) is 8.78 Å². The average Bonchev–Trinajstić information content (AvgIpc) is 2.44. The van der Waals surface area contributed by atoms with Crippen LogP contribution in [-0.2, 0) is 6.42 Å². The van der Waals surface area contributed by atoms with Crippen molar-refractivity contribution >= 4 is 5.82 Å². The zero-order valence-electron chi connectivity index (χ0n) is 11.4. The molecule has 106 valence electrons. The van der Waals surface area contributed by atoms with Crippen LogP contribution in [0.3, 0.4) is 0 Å². The van der Waals surface area contributed by atoms with E-state index in [2.05, 4.69) is 10.3 Å². The summed E-state index contributed by atoms with van der Waals surface area (Å²) >= 11 is 0. The predicted octanol–water partition coefficient (Wildman–Crippen LogP) is 4.15. The standard InChI is InChI=1S/C15H16F2N2O/c1-3-10-6-5-7-11(8-10)20-15-13(17)9-12(16)14(19-15)18-4-2/h5-9H,3-4H2,1-2H3,(H,18,19). The van der Waals surface area contributed by atoms with Crippen LogP contribution in [0.15, 0.2) is 30.3 Å². The van der Waals surface area contributed by atoms with E-state index in [0.717, 1.165) is 18.1 Å². The SMILES string of the molecule is CCNc1nc(Oc2cccc(CC)c2)c(F)cc1F. The summed E-state index contributed by atoms with van der Waals surface area (Å²) in [6.45, 7) is 4.30. The minimum absolute atomic E-state index is 0.0180. The fraction of sp³-hybridized carbons (Fsp3) is 0.267. The first-order valence-electron chi connectivity index (χ1n) is 6.50. The molecule has 3 nitrogen and oxygen atoms in total. The van der Waals surface area contributed by atoms with Crippen LogP contribution in [0.5, 0.6) is 11.6 Å². The molecule has 0 spiro atoms. The topological polar surface area (TPSA) is 34.2 Å². The number of anilines is 1. The predicted molar refractivity (Wildman–Crippen MR) is 74.2 cm³/mol. The van der Waals surface area contributed by atoms with E-state index >= 15 is 0 Å². The van der Waals surface area contributed by atoms with Crippen LogP contribution in [0.4, 0.5) is 14.6 Å². The quantitative estimate of drug-likeness (QED) is 0.892. The van der Waals surface area contributed by atoms with Gasteiger partial charge in [-0.05, 0) is 31.0 Å². The summed E-state index contributed by atoms with van der Waals surface area (Å²) in [5, 5.41) is 2.72. The number of pyridine rings is 1. The first-order chi connectivity index (χ1) is 9.63. The summed E-state index contributed by atoms with van der Waals surface area (Å²) in [7, 11) is 0. The van der Waals surface area contributed by atoms with Crippen molar-refractivity contribution in [2.24, 2.45) is 0 Å². The van der Waals surface area contributed by atoms with Crippen LogP contribution < -0.4 is 10.1 Å². The van der Waals surface area contributed by atoms with Gasteiger partial charge in [-0.2, -0.15) is 4.98 Å². The van der Waals surface area contributed by atoms with Crippen LogP contribution in [0.2, 0.25) is 0 Å². The molecule has 1 N–H and O–H groups in total. The molecule has 0 aliphatic heterocycles. The van der Waals surface area contributed by atoms with Crippen LogP contribution in [0.25, 0.3) is 0 Å². The van der Waals surface area contributed by atoms with Gasteiger partial charge < -0.3 is 10.1 Å². The third kappa shape index (κ3) is 3.23. The van der Waals surface area contributed by atoms with Gasteiger partial charge in [0.15, 0.2) is 17.5 Å². The van der Waals surface area contributed by atoms with E-state index in [1.807, 2.05) is 19.1 Å². The van der Waals surface area contributed by atoms with E-state index < -0.39 is 11.6 Å². The maximum atomic E-state index is 13.7. The Morgan fingerprint density at radius 3 is 2.65 bits per heavy atom. The molecule has 0 unspecified atom stereocenters. The maximum Gasteiger partial charge on any atom is 0.258 e. The molecule has 2 aromatic rings. The Kier molecular flexibility index (Phi) is 4.50. The minimum Gasteiger partial charge on any atom is -0.436 e. The van der Waals surface area contributed by atoms with E-state index in [9.17, 15) is 8.78 Å². The number of nitrogens with one attached hydrogen (secondary N) is 1. The van der Waals surface area contributed by atoms with E-state index in [-0.39, 0.29) is 11.7 Å². The van der Waals surface area contributed by atoms with Gasteiger partial charge in [-0.1, -0.05) is 19.1 Å². The second-order valence-electron chi connectivity index (χ2n) is 4.24. The molecule has 0 aliphatic carbocycles. The lowest BCUT2D eigenvalue weighted by Crippen LogP contribution is -2.04. The Labute approximate surface area is 116 Å². The second kappa shape index (κ2) is 6.32. The summed E-state index contributed by atoms with van der Waals surface area (Å²) < 4.78 is 32.5. The van der Waals surface area contributed by atoms with Crippen molar-refractivity contribution in [2.45, 2.75) is 20.3 Å². The zero-order chi connectivity index (χ0) is 14.5. The second-order valence-corrected chi connectivity index (χ2v) is 4.24. The number of aryl methyl sites for hydroxylation is 1. The van der Waals surface area contributed by atoms with Crippen molar-refractivity contribution in [1.82, 2.24) is 4.98 Å². The number of aromatic nitrogens is 1. The van der Waals surface area contributed by atoms with E-state index in [1.54, 1.807) is 19.1 Å². The average molecular weight is 278 g/mol. The highest BCUT2D eigenvalue weighted by atomic mass is 19.1. The molecule has 20 heavy (non-hydrogen) atoms. The van der Waals surface area contributed by atoms with Crippen LogP contribution >= 0.6 is 0 Å². The van der Waals surface area contributed by atoms with Gasteiger partial charge >= 0.3 is 0 Å². The van der Waals surface area contributed by atoms with Crippen molar-refractivity contribution in [2.75, 3.05) is 11.9 Å². The van der Waals surface area contributed by atoms with Gasteiger partial charge in [0, 0.05) is 12.6 Å². The molecule has 1 aromatic heterocycles. The molecule has 1 aromatic carbocycles. The smallest absolute Gasteiger partial charge is 0.258 e. The first kappa shape index (κ1) is 14.2. The Morgan fingerprint density at radius 2 is 1.95 bits per heavy atom. The molecule has 2 rings (SSSR count). The first-order valence-corrected chi connectivity index (χ1v) is 6.50. The van der Waals surface area contributed by atoms with Gasteiger partial charge in [0.25, 0.3) is 5.88 Å². The summed E-state index contributed by atoms with van der Waals surface area (Å²) in [4.78, 5) is 3.83. The zero-order valence-corrected chi connectivity index (χ0v) is 11.4. The molecular formula is C15H16F2N2O. The summed E-state index contributed by atoms with van der Waals surface area (Å²) in [6.07, 6.45) is 0.846. The number of halogens is 2. The van der Waals surface area contributed by atoms with Gasteiger partial charge in [0.05, 0.1) is 0 Å². The molecular weight excluding hydrogens is 262 g/mol. The highest BCUT2D eigenvalue weighted by Gasteiger charge is 2.13. The van der Waals surface area contributed by atoms with E-state index in [1.165, 1.54) is 0 Å². The number of hydrogen-bond donors (Lipinski definition) is 1. The lowest BCUT2D eigenvalue weighted by atomic mass is 10.2. The van der Waals surface area contributed by atoms with Crippen molar-refractivity contribution in [3.63, 3.8) is 0 Å². The van der Waals surface area contributed by atoms with Gasteiger partial charge in [-0.15, -0.1) is 0 Å². The fourth-order valence-corrected chi connectivity index (χ4v) is 1.75. The Balaban J connectivity index is 2.30. The summed E-state index contributed by atoms with van der Waals surface area (Å²) in [5.74, 6) is -1.35. The number of nitrogens with zero attached hydrogens (tertiary/aromatic N) is 1. The number of ether oxygens (including phenoxy) is 1. The Bertz CT molecular complexity index is 602. The van der Waals surface area contributed by atoms with Crippen LogP contribution in [-0.4, -0.2) is 11.5 Å². The fourth-order valence-electron chi connectivity index (χ4n) is 1.75. The van der Waals surface area contributed by atoms with Gasteiger partial charge in [0.2, 0.25) is 0 Å². The maximum absolute atomic E-state index is 13.7. The third-order valence-electron chi connectivity index (χ3n) is 2.76. The van der Waals surface area contributed by atoms with E-state index in [4.69, 9.17) is 4.74 Å². The molecule has 5 heteroatoms. The highest BCUT2D eigenvalue weighted by Crippen LogP contribution is 2.26. The molecule has 0 fully saturated rings. The van der Waals surface area contributed by atoms with Crippen molar-refractivity contribution in [1.29, 1.82) is 0 Å². The largest absolute Gasteiger partial charge is 0.436 e. The van der Waals surface area contributed by atoms with Crippen molar-refractivity contribution in [3.8, 4) is 11.6 Å². The summed E-state index contributed by atoms with van der Waals surface area (Å²) in [5.41, 5.74) is 1.07. The summed E-state index contributed by atoms with van der Waals surface area (Å²) in [6, 6.07) is 8.05. The van der Waals surface area contributed by atoms with Crippen LogP contribution in [0, 0.1) is 11.6 Å². The third-order valence-corrected chi connectivity index (χ3v) is 2.76. The molecule has 0 radical (unpaired) electrons. The monoisotopic (exact) mass is 278 g/mol. The molecule has 0 saturated heterocycles. The minimum atomic E-state index is -0.828. The van der Waals surface area contributed by atoms with E-state index in [0.29, 0.717) is 12.3 Å². The van der Waals surface area contributed by atoms with Crippen LogP contribution in [0.1, 0.15) is 19.4 Å². The highest BCUT2D eigenvalue weighted by molar-refractivity contribution is 5.41. The van der Waals surface area contributed by atoms with Crippen molar-refractivity contribution < 1.29 is 13.5 Å². The molecule has 0 aliphatic rings. The van der Waals surface area contributed by atoms with Gasteiger partial charge in [-0.3, -0.25) is 0 Å². The number of rotatable bonds is 5. The molecule has 0 amide bonds. The molecule has 0 bridgehead atoms. The molecule has 0 atom stereocenters.